The normalized spacial score (nSPS) is 19.2. The first-order valence-electron chi connectivity index (χ1n) is 10.8. The van der Waals surface area contributed by atoms with Crippen LogP contribution < -0.4 is 10.1 Å². The van der Waals surface area contributed by atoms with E-state index >= 15 is 0 Å². The molecule has 2 aliphatic carbocycles. The van der Waals surface area contributed by atoms with Crippen molar-refractivity contribution in [3.05, 3.63) is 35.2 Å². The van der Waals surface area contributed by atoms with E-state index in [1.165, 1.54) is 12.7 Å². The number of amides is 1. The topological polar surface area (TPSA) is 106 Å². The Labute approximate surface area is 179 Å². The van der Waals surface area contributed by atoms with Crippen LogP contribution >= 0.6 is 0 Å². The van der Waals surface area contributed by atoms with Crippen LogP contribution in [-0.2, 0) is 13.0 Å². The molecule has 3 aromatic rings. The molecule has 0 atom stereocenters. The summed E-state index contributed by atoms with van der Waals surface area (Å²) in [7, 11) is 0. The number of rotatable bonds is 5. The summed E-state index contributed by atoms with van der Waals surface area (Å²) in [4.78, 5) is 32.9. The standard InChI is InChI=1S/C22H24N6O3/c1-12-16(17-18(27-22(2)6-7-22)24-11-26-20(17)30-12)21(29)28-8-5-14-15(9-28)23-10-25-19(14)31-13-3-4-13/h10-11,13H,3-9H2,1-2H3,(H,24,26,27). The summed E-state index contributed by atoms with van der Waals surface area (Å²) in [6.07, 6.45) is 8.25. The number of hydrogen-bond donors (Lipinski definition) is 1. The van der Waals surface area contributed by atoms with Gasteiger partial charge in [-0.25, -0.2) is 19.9 Å². The Morgan fingerprint density at radius 2 is 2.03 bits per heavy atom. The first-order chi connectivity index (χ1) is 15.0. The molecule has 6 rings (SSSR count). The van der Waals surface area contributed by atoms with Gasteiger partial charge in [-0.05, 0) is 46.0 Å². The van der Waals surface area contributed by atoms with Crippen LogP contribution in [0.3, 0.4) is 0 Å². The van der Waals surface area contributed by atoms with Crippen molar-refractivity contribution >= 4 is 22.8 Å². The second kappa shape index (κ2) is 6.63. The summed E-state index contributed by atoms with van der Waals surface area (Å²) in [6.45, 7) is 4.94. The molecular formula is C22H24N6O3. The Hall–Kier alpha value is -3.23. The van der Waals surface area contributed by atoms with Crippen LogP contribution in [0.2, 0.25) is 0 Å². The molecule has 0 spiro atoms. The fourth-order valence-electron chi connectivity index (χ4n) is 4.10. The Morgan fingerprint density at radius 3 is 2.81 bits per heavy atom. The maximum absolute atomic E-state index is 13.6. The molecule has 1 N–H and O–H groups in total. The summed E-state index contributed by atoms with van der Waals surface area (Å²) >= 11 is 0. The van der Waals surface area contributed by atoms with Gasteiger partial charge in [-0.2, -0.15) is 0 Å². The molecule has 1 aliphatic heterocycles. The van der Waals surface area contributed by atoms with E-state index in [1.54, 1.807) is 6.92 Å². The summed E-state index contributed by atoms with van der Waals surface area (Å²) < 4.78 is 11.8. The number of hydrogen-bond acceptors (Lipinski definition) is 8. The Kier molecular flexibility index (Phi) is 3.97. The van der Waals surface area contributed by atoms with Crippen LogP contribution in [0.15, 0.2) is 17.1 Å². The molecule has 9 heteroatoms. The zero-order valence-electron chi connectivity index (χ0n) is 17.6. The number of carbonyl (C=O) groups excluding carboxylic acids is 1. The van der Waals surface area contributed by atoms with E-state index in [2.05, 4.69) is 32.2 Å². The SMILES string of the molecule is Cc1oc2ncnc(NC3(C)CC3)c2c1C(=O)N1CCc2c(ncnc2OC2CC2)C1. The zero-order chi connectivity index (χ0) is 21.2. The molecule has 3 aromatic heterocycles. The van der Waals surface area contributed by atoms with Crippen molar-refractivity contribution in [2.75, 3.05) is 11.9 Å². The molecule has 3 aliphatic rings. The summed E-state index contributed by atoms with van der Waals surface area (Å²) in [6, 6.07) is 0. The number of aryl methyl sites for hydroxylation is 1. The van der Waals surface area contributed by atoms with Gasteiger partial charge < -0.3 is 19.4 Å². The van der Waals surface area contributed by atoms with Crippen molar-refractivity contribution in [2.24, 2.45) is 0 Å². The lowest BCUT2D eigenvalue weighted by atomic mass is 10.0. The van der Waals surface area contributed by atoms with E-state index in [0.29, 0.717) is 53.6 Å². The Bertz CT molecular complexity index is 1200. The molecule has 160 valence electrons. The number of carbonyl (C=O) groups is 1. The molecule has 2 saturated carbocycles. The van der Waals surface area contributed by atoms with Crippen molar-refractivity contribution in [3.63, 3.8) is 0 Å². The summed E-state index contributed by atoms with van der Waals surface area (Å²) in [5.74, 6) is 1.78. The van der Waals surface area contributed by atoms with Crippen molar-refractivity contribution in [2.45, 2.75) is 64.1 Å². The number of nitrogens with one attached hydrogen (secondary N) is 1. The number of fused-ring (bicyclic) bond motifs is 2. The first kappa shape index (κ1) is 18.5. The first-order valence-corrected chi connectivity index (χ1v) is 10.8. The van der Waals surface area contributed by atoms with Gasteiger partial charge in [-0.1, -0.05) is 0 Å². The monoisotopic (exact) mass is 420 g/mol. The van der Waals surface area contributed by atoms with Gasteiger partial charge in [0.1, 0.15) is 30.3 Å². The quantitative estimate of drug-likeness (QED) is 0.671. The smallest absolute Gasteiger partial charge is 0.258 e. The molecule has 31 heavy (non-hydrogen) atoms. The summed E-state index contributed by atoms with van der Waals surface area (Å²) in [5.41, 5.74) is 2.83. The van der Waals surface area contributed by atoms with Gasteiger partial charge in [0.15, 0.2) is 0 Å². The number of aromatic nitrogens is 4. The van der Waals surface area contributed by atoms with Crippen LogP contribution in [-0.4, -0.2) is 48.9 Å². The highest BCUT2D eigenvalue weighted by atomic mass is 16.5. The van der Waals surface area contributed by atoms with Gasteiger partial charge in [0, 0.05) is 17.6 Å². The zero-order valence-corrected chi connectivity index (χ0v) is 17.6. The average molecular weight is 420 g/mol. The van der Waals surface area contributed by atoms with Crippen LogP contribution in [0.5, 0.6) is 5.88 Å². The molecular weight excluding hydrogens is 396 g/mol. The fourth-order valence-corrected chi connectivity index (χ4v) is 4.10. The third kappa shape index (κ3) is 3.28. The minimum atomic E-state index is -0.0935. The van der Waals surface area contributed by atoms with Gasteiger partial charge >= 0.3 is 0 Å². The second-order valence-electron chi connectivity index (χ2n) is 9.02. The molecule has 4 heterocycles. The molecule has 9 nitrogen and oxygen atoms in total. The Balaban J connectivity index is 1.33. The lowest BCUT2D eigenvalue weighted by Gasteiger charge is -2.28. The van der Waals surface area contributed by atoms with E-state index in [-0.39, 0.29) is 17.6 Å². The molecule has 0 unspecified atom stereocenters. The van der Waals surface area contributed by atoms with E-state index in [1.807, 2.05) is 4.90 Å². The van der Waals surface area contributed by atoms with Crippen molar-refractivity contribution < 1.29 is 13.9 Å². The second-order valence-corrected chi connectivity index (χ2v) is 9.02. The number of nitrogens with zero attached hydrogens (tertiary/aromatic N) is 5. The number of ether oxygens (including phenoxy) is 1. The molecule has 1 amide bonds. The fraction of sp³-hybridized carbons (Fsp3) is 0.500. The highest BCUT2D eigenvalue weighted by Crippen LogP contribution is 2.40. The van der Waals surface area contributed by atoms with E-state index in [0.717, 1.165) is 36.9 Å². The molecule has 0 saturated heterocycles. The molecule has 0 aromatic carbocycles. The van der Waals surface area contributed by atoms with Crippen LogP contribution in [0.1, 0.15) is 60.0 Å². The van der Waals surface area contributed by atoms with Gasteiger partial charge in [-0.3, -0.25) is 4.79 Å². The minimum absolute atomic E-state index is 0.0196. The van der Waals surface area contributed by atoms with Gasteiger partial charge in [0.25, 0.3) is 5.91 Å². The van der Waals surface area contributed by atoms with Gasteiger partial charge in [0.2, 0.25) is 11.6 Å². The van der Waals surface area contributed by atoms with Crippen molar-refractivity contribution in [1.82, 2.24) is 24.8 Å². The van der Waals surface area contributed by atoms with E-state index < -0.39 is 0 Å². The predicted octanol–water partition coefficient (Wildman–Crippen LogP) is 3.03. The lowest BCUT2D eigenvalue weighted by Crippen LogP contribution is -2.37. The number of anilines is 1. The third-order valence-corrected chi connectivity index (χ3v) is 6.36. The van der Waals surface area contributed by atoms with Crippen LogP contribution in [0.4, 0.5) is 5.82 Å². The van der Waals surface area contributed by atoms with E-state index in [4.69, 9.17) is 9.15 Å². The van der Waals surface area contributed by atoms with Gasteiger partial charge in [-0.15, -0.1) is 0 Å². The molecule has 2 fully saturated rings. The van der Waals surface area contributed by atoms with Crippen LogP contribution in [0.25, 0.3) is 11.1 Å². The Morgan fingerprint density at radius 1 is 1.23 bits per heavy atom. The third-order valence-electron chi connectivity index (χ3n) is 6.36. The average Bonchev–Trinajstić information content (AvgIpc) is 3.68. The van der Waals surface area contributed by atoms with E-state index in [9.17, 15) is 4.79 Å². The minimum Gasteiger partial charge on any atom is -0.474 e. The van der Waals surface area contributed by atoms with Crippen molar-refractivity contribution in [1.29, 1.82) is 0 Å². The van der Waals surface area contributed by atoms with Crippen molar-refractivity contribution in [3.8, 4) is 5.88 Å². The maximum Gasteiger partial charge on any atom is 0.258 e. The molecule has 0 radical (unpaired) electrons. The largest absolute Gasteiger partial charge is 0.474 e. The highest BCUT2D eigenvalue weighted by molar-refractivity contribution is 6.10. The predicted molar refractivity (Wildman–Crippen MR) is 112 cm³/mol. The van der Waals surface area contributed by atoms with Crippen LogP contribution in [0, 0.1) is 6.92 Å². The lowest BCUT2D eigenvalue weighted by molar-refractivity contribution is 0.0729. The summed E-state index contributed by atoms with van der Waals surface area (Å²) in [5, 5.41) is 4.13. The highest BCUT2D eigenvalue weighted by Gasteiger charge is 2.39. The molecule has 0 bridgehead atoms. The number of furan rings is 1. The maximum atomic E-state index is 13.6. The van der Waals surface area contributed by atoms with Gasteiger partial charge in [0.05, 0.1) is 23.2 Å².